The Labute approximate surface area is 117 Å². The Bertz CT molecular complexity index is 551. The summed E-state index contributed by atoms with van der Waals surface area (Å²) in [6, 6.07) is 11.6. The minimum absolute atomic E-state index is 0.279. The Hall–Kier alpha value is -1.65. The third kappa shape index (κ3) is 3.22. The predicted molar refractivity (Wildman–Crippen MR) is 77.6 cm³/mol. The number of aromatic carboxylic acids is 1. The molecule has 3 nitrogen and oxygen atoms in total. The van der Waals surface area contributed by atoms with E-state index in [4.69, 9.17) is 0 Å². The van der Waals surface area contributed by atoms with Crippen LogP contribution in [-0.2, 0) is 6.54 Å². The number of thiophene rings is 1. The minimum atomic E-state index is -0.868. The molecule has 2 rings (SSSR count). The quantitative estimate of drug-likeness (QED) is 0.905. The van der Waals surface area contributed by atoms with Crippen LogP contribution in [0.4, 0.5) is 0 Å². The molecule has 1 atom stereocenters. The van der Waals surface area contributed by atoms with Crippen LogP contribution in [0, 0.1) is 0 Å². The van der Waals surface area contributed by atoms with Gasteiger partial charge in [0.25, 0.3) is 0 Å². The summed E-state index contributed by atoms with van der Waals surface area (Å²) in [5.41, 5.74) is 1.23. The second kappa shape index (κ2) is 5.99. The zero-order valence-corrected chi connectivity index (χ0v) is 11.9. The maximum absolute atomic E-state index is 11.2. The smallest absolute Gasteiger partial charge is 0.336 e. The number of carboxylic acid groups (broad SMARTS) is 1. The van der Waals surface area contributed by atoms with E-state index in [-0.39, 0.29) is 6.04 Å². The molecule has 0 aliphatic carbocycles. The van der Waals surface area contributed by atoms with Gasteiger partial charge in [0.2, 0.25) is 0 Å². The van der Waals surface area contributed by atoms with Crippen molar-refractivity contribution in [2.24, 2.45) is 0 Å². The van der Waals surface area contributed by atoms with Gasteiger partial charge >= 0.3 is 5.97 Å². The molecule has 0 fully saturated rings. The molecule has 0 aliphatic rings. The number of hydrogen-bond acceptors (Lipinski definition) is 3. The lowest BCUT2D eigenvalue weighted by atomic mass is 10.1. The highest BCUT2D eigenvalue weighted by Crippen LogP contribution is 2.25. The minimum Gasteiger partial charge on any atom is -0.478 e. The molecule has 0 amide bonds. The highest BCUT2D eigenvalue weighted by Gasteiger charge is 2.16. The molecule has 0 unspecified atom stereocenters. The summed E-state index contributed by atoms with van der Waals surface area (Å²) in [7, 11) is 2.02. The van der Waals surface area contributed by atoms with Crippen LogP contribution in [0.3, 0.4) is 0 Å². The van der Waals surface area contributed by atoms with Crippen LogP contribution in [0.5, 0.6) is 0 Å². The van der Waals surface area contributed by atoms with Gasteiger partial charge in [0.15, 0.2) is 0 Å². The summed E-state index contributed by atoms with van der Waals surface area (Å²) in [5, 5.41) is 11.2. The molecular weight excluding hydrogens is 258 g/mol. The fourth-order valence-electron chi connectivity index (χ4n) is 2.02. The molecule has 19 heavy (non-hydrogen) atoms. The number of nitrogens with zero attached hydrogens (tertiary/aromatic N) is 1. The molecule has 1 N–H and O–H groups in total. The summed E-state index contributed by atoms with van der Waals surface area (Å²) in [5.74, 6) is -0.868. The molecule has 100 valence electrons. The van der Waals surface area contributed by atoms with E-state index in [2.05, 4.69) is 23.3 Å². The molecule has 4 heteroatoms. The van der Waals surface area contributed by atoms with Crippen LogP contribution in [0.25, 0.3) is 0 Å². The van der Waals surface area contributed by atoms with Crippen LogP contribution >= 0.6 is 11.3 Å². The lowest BCUT2D eigenvalue weighted by Gasteiger charge is -2.24. The van der Waals surface area contributed by atoms with Gasteiger partial charge in [0, 0.05) is 17.5 Å². The summed E-state index contributed by atoms with van der Waals surface area (Å²) in [6.45, 7) is 2.76. The standard InChI is InChI=1S/C15H17NO2S/c1-11(14-8-5-9-19-14)16(2)10-12-6-3-4-7-13(12)15(17)18/h3-9,11H,10H2,1-2H3,(H,17,18)/t11-/m0/s1. The largest absolute Gasteiger partial charge is 0.478 e. The third-order valence-electron chi connectivity index (χ3n) is 3.28. The number of carbonyl (C=O) groups is 1. The molecule has 0 saturated carbocycles. The van der Waals surface area contributed by atoms with Gasteiger partial charge in [0.1, 0.15) is 0 Å². The van der Waals surface area contributed by atoms with Crippen LogP contribution < -0.4 is 0 Å². The fraction of sp³-hybridized carbons (Fsp3) is 0.267. The van der Waals surface area contributed by atoms with Crippen molar-refractivity contribution in [2.75, 3.05) is 7.05 Å². The van der Waals surface area contributed by atoms with Crippen molar-refractivity contribution in [3.8, 4) is 0 Å². The summed E-state index contributed by atoms with van der Waals surface area (Å²) in [6.07, 6.45) is 0. The predicted octanol–water partition coefficient (Wildman–Crippen LogP) is 3.64. The molecule has 1 heterocycles. The Morgan fingerprint density at radius 1 is 1.32 bits per heavy atom. The highest BCUT2D eigenvalue weighted by atomic mass is 32.1. The molecule has 0 saturated heterocycles. The first-order chi connectivity index (χ1) is 9.09. The van der Waals surface area contributed by atoms with E-state index < -0.39 is 5.97 Å². The Balaban J connectivity index is 2.15. The Kier molecular flexibility index (Phi) is 4.35. The van der Waals surface area contributed by atoms with E-state index in [0.717, 1.165) is 5.56 Å². The molecule has 0 bridgehead atoms. The summed E-state index contributed by atoms with van der Waals surface area (Å²) < 4.78 is 0. The maximum Gasteiger partial charge on any atom is 0.336 e. The topological polar surface area (TPSA) is 40.5 Å². The van der Waals surface area contributed by atoms with Gasteiger partial charge in [-0.2, -0.15) is 0 Å². The van der Waals surface area contributed by atoms with E-state index in [1.54, 1.807) is 23.5 Å². The van der Waals surface area contributed by atoms with Crippen molar-refractivity contribution in [1.82, 2.24) is 4.90 Å². The third-order valence-corrected chi connectivity index (χ3v) is 4.33. The molecule has 1 aromatic carbocycles. The molecule has 1 aromatic heterocycles. The van der Waals surface area contributed by atoms with Crippen LogP contribution in [-0.4, -0.2) is 23.0 Å². The lowest BCUT2D eigenvalue weighted by molar-refractivity contribution is 0.0694. The van der Waals surface area contributed by atoms with Crippen molar-refractivity contribution >= 4 is 17.3 Å². The zero-order valence-electron chi connectivity index (χ0n) is 11.0. The van der Waals surface area contributed by atoms with Gasteiger partial charge in [-0.05, 0) is 37.0 Å². The van der Waals surface area contributed by atoms with Crippen molar-refractivity contribution in [2.45, 2.75) is 19.5 Å². The van der Waals surface area contributed by atoms with Gasteiger partial charge in [-0.15, -0.1) is 11.3 Å². The lowest BCUT2D eigenvalue weighted by Crippen LogP contribution is -2.22. The number of hydrogen-bond donors (Lipinski definition) is 1. The van der Waals surface area contributed by atoms with E-state index in [0.29, 0.717) is 12.1 Å². The number of benzene rings is 1. The zero-order chi connectivity index (χ0) is 13.8. The van der Waals surface area contributed by atoms with Crippen molar-refractivity contribution < 1.29 is 9.90 Å². The fourth-order valence-corrected chi connectivity index (χ4v) is 2.87. The molecule has 0 radical (unpaired) electrons. The first-order valence-corrected chi connectivity index (χ1v) is 7.02. The summed E-state index contributed by atoms with van der Waals surface area (Å²) >= 11 is 1.72. The van der Waals surface area contributed by atoms with Gasteiger partial charge in [-0.3, -0.25) is 4.90 Å². The van der Waals surface area contributed by atoms with Gasteiger partial charge in [-0.25, -0.2) is 4.79 Å². The highest BCUT2D eigenvalue weighted by molar-refractivity contribution is 7.10. The van der Waals surface area contributed by atoms with E-state index in [9.17, 15) is 9.90 Å². The normalized spacial score (nSPS) is 12.6. The van der Waals surface area contributed by atoms with Crippen LogP contribution in [0.2, 0.25) is 0 Å². The van der Waals surface area contributed by atoms with Crippen molar-refractivity contribution in [1.29, 1.82) is 0 Å². The number of carboxylic acids is 1. The molecule has 0 spiro atoms. The average molecular weight is 275 g/mol. The van der Waals surface area contributed by atoms with E-state index >= 15 is 0 Å². The average Bonchev–Trinajstić information content (AvgIpc) is 2.92. The summed E-state index contributed by atoms with van der Waals surface area (Å²) in [4.78, 5) is 14.6. The van der Waals surface area contributed by atoms with Crippen molar-refractivity contribution in [3.63, 3.8) is 0 Å². The number of rotatable bonds is 5. The van der Waals surface area contributed by atoms with E-state index in [1.165, 1.54) is 4.88 Å². The monoisotopic (exact) mass is 275 g/mol. The second-order valence-electron chi connectivity index (χ2n) is 4.57. The Morgan fingerprint density at radius 2 is 2.05 bits per heavy atom. The Morgan fingerprint density at radius 3 is 2.68 bits per heavy atom. The van der Waals surface area contributed by atoms with Gasteiger partial charge in [-0.1, -0.05) is 24.3 Å². The van der Waals surface area contributed by atoms with Gasteiger partial charge < -0.3 is 5.11 Å². The molecule has 0 aliphatic heterocycles. The SMILES string of the molecule is C[C@@H](c1cccs1)N(C)Cc1ccccc1C(=O)O. The van der Waals surface area contributed by atoms with Crippen LogP contribution in [0.1, 0.15) is 33.8 Å². The first-order valence-electron chi connectivity index (χ1n) is 6.14. The van der Waals surface area contributed by atoms with Crippen molar-refractivity contribution in [3.05, 3.63) is 57.8 Å². The van der Waals surface area contributed by atoms with Gasteiger partial charge in [0.05, 0.1) is 5.56 Å². The first kappa shape index (κ1) is 13.8. The maximum atomic E-state index is 11.2. The second-order valence-corrected chi connectivity index (χ2v) is 5.55. The molecule has 2 aromatic rings. The van der Waals surface area contributed by atoms with E-state index in [1.807, 2.05) is 25.2 Å². The van der Waals surface area contributed by atoms with Crippen LogP contribution in [0.15, 0.2) is 41.8 Å². The molecular formula is C15H17NO2S.